The van der Waals surface area contributed by atoms with Crippen molar-refractivity contribution in [3.63, 3.8) is 0 Å². The quantitative estimate of drug-likeness (QED) is 0.287. The van der Waals surface area contributed by atoms with E-state index in [9.17, 15) is 23.1 Å². The van der Waals surface area contributed by atoms with E-state index in [0.29, 0.717) is 47.8 Å². The molecule has 4 heterocycles. The third kappa shape index (κ3) is 7.24. The van der Waals surface area contributed by atoms with E-state index in [1.165, 1.54) is 0 Å². The number of aryl methyl sites for hydroxylation is 3. The van der Waals surface area contributed by atoms with E-state index in [1.807, 2.05) is 51.7 Å². The molecular formula is C36H46F3N5O3. The van der Waals surface area contributed by atoms with Crippen molar-refractivity contribution in [2.45, 2.75) is 106 Å². The summed E-state index contributed by atoms with van der Waals surface area (Å²) in [5, 5.41) is 10.5. The number of halogens is 3. The molecular weight excluding hydrogens is 607 g/mol. The highest BCUT2D eigenvalue weighted by Crippen LogP contribution is 2.45. The molecule has 1 atom stereocenters. The molecule has 47 heavy (non-hydrogen) atoms. The molecule has 1 saturated heterocycles. The largest absolute Gasteiger partial charge is 0.479 e. The maximum Gasteiger partial charge on any atom is 0.451 e. The number of nitrogens with zero attached hydrogens (tertiary/aromatic N) is 5. The van der Waals surface area contributed by atoms with Gasteiger partial charge in [-0.1, -0.05) is 32.0 Å². The van der Waals surface area contributed by atoms with Gasteiger partial charge in [0.25, 0.3) is 0 Å². The molecule has 3 aromatic rings. The van der Waals surface area contributed by atoms with Crippen LogP contribution in [-0.4, -0.2) is 51.3 Å². The number of carboxylic acid groups (broad SMARTS) is 1. The van der Waals surface area contributed by atoms with Gasteiger partial charge in [-0.2, -0.15) is 13.2 Å². The first-order valence-corrected chi connectivity index (χ1v) is 16.2. The van der Waals surface area contributed by atoms with Crippen molar-refractivity contribution in [2.75, 3.05) is 29.4 Å². The Labute approximate surface area is 275 Å². The number of fused-ring (bicyclic) bond motifs is 1. The lowest BCUT2D eigenvalue weighted by Crippen LogP contribution is -2.39. The molecule has 1 aromatic carbocycles. The molecule has 1 N–H and O–H groups in total. The minimum atomic E-state index is -4.63. The maximum atomic E-state index is 13.6. The Kier molecular flexibility index (Phi) is 9.11. The summed E-state index contributed by atoms with van der Waals surface area (Å²) in [4.78, 5) is 29.5. The fraction of sp³-hybridized carbons (Fsp3) is 0.556. The molecule has 2 aromatic heterocycles. The summed E-state index contributed by atoms with van der Waals surface area (Å²) in [5.74, 6) is -1.89. The highest BCUT2D eigenvalue weighted by Gasteiger charge is 2.38. The summed E-state index contributed by atoms with van der Waals surface area (Å²) in [6.07, 6.45) is -3.31. The Morgan fingerprint density at radius 1 is 0.915 bits per heavy atom. The van der Waals surface area contributed by atoms with Crippen molar-refractivity contribution >= 4 is 17.5 Å². The summed E-state index contributed by atoms with van der Waals surface area (Å²) in [5.41, 5.74) is 7.18. The van der Waals surface area contributed by atoms with Gasteiger partial charge in [0, 0.05) is 60.0 Å². The molecule has 0 spiro atoms. The standard InChI is InChI=1S/C36H46F3N5O3/c1-20-21(2)41-33(36(37,38)39)42-31(20)44-15-12-24-18-25(10-11-26(24)19-44)27-22(3)40-23(4)28(30(32(45)46)47-34(5,6)7)29(27)43-16-13-35(8,9)14-17-43/h10-11,18,30H,12-17,19H2,1-9H3,(H,45,46)/t30-/m0/s1. The van der Waals surface area contributed by atoms with Crippen molar-refractivity contribution in [3.8, 4) is 11.1 Å². The van der Waals surface area contributed by atoms with Gasteiger partial charge in [-0.3, -0.25) is 4.98 Å². The number of aliphatic carboxylic acids is 1. The zero-order chi connectivity index (χ0) is 34.6. The molecule has 254 valence electrons. The van der Waals surface area contributed by atoms with Gasteiger partial charge in [0.05, 0.1) is 11.3 Å². The predicted octanol–water partition coefficient (Wildman–Crippen LogP) is 7.92. The van der Waals surface area contributed by atoms with Crippen LogP contribution in [0.3, 0.4) is 0 Å². The molecule has 0 amide bonds. The number of piperidine rings is 1. The third-order valence-corrected chi connectivity index (χ3v) is 9.39. The van der Waals surface area contributed by atoms with Gasteiger partial charge in [0.1, 0.15) is 5.82 Å². The van der Waals surface area contributed by atoms with Gasteiger partial charge in [-0.15, -0.1) is 0 Å². The first-order valence-electron chi connectivity index (χ1n) is 16.2. The van der Waals surface area contributed by atoms with E-state index in [1.54, 1.807) is 13.8 Å². The average Bonchev–Trinajstić information content (AvgIpc) is 2.95. The third-order valence-electron chi connectivity index (χ3n) is 9.39. The number of carboxylic acids is 1. The molecule has 0 radical (unpaired) electrons. The zero-order valence-electron chi connectivity index (χ0n) is 28.9. The van der Waals surface area contributed by atoms with E-state index in [0.717, 1.165) is 59.6 Å². The summed E-state index contributed by atoms with van der Waals surface area (Å²) in [7, 11) is 0. The molecule has 0 bridgehead atoms. The normalized spacial score (nSPS) is 17.4. The van der Waals surface area contributed by atoms with Gasteiger partial charge in [0.2, 0.25) is 5.82 Å². The Morgan fingerprint density at radius 3 is 2.17 bits per heavy atom. The SMILES string of the molecule is Cc1nc(C(F)(F)F)nc(N2CCc3cc(-c4c(C)nc(C)c([C@H](OC(C)(C)C)C(=O)O)c4N4CCC(C)(C)CC4)ccc3C2)c1C. The highest BCUT2D eigenvalue weighted by molar-refractivity contribution is 5.88. The van der Waals surface area contributed by atoms with Crippen LogP contribution in [-0.2, 0) is 28.7 Å². The van der Waals surface area contributed by atoms with E-state index in [4.69, 9.17) is 9.72 Å². The summed E-state index contributed by atoms with van der Waals surface area (Å²) in [6.45, 7) is 19.7. The van der Waals surface area contributed by atoms with Gasteiger partial charge in [-0.25, -0.2) is 14.8 Å². The lowest BCUT2D eigenvalue weighted by molar-refractivity contribution is -0.160. The van der Waals surface area contributed by atoms with Crippen LogP contribution in [0.1, 0.15) is 98.7 Å². The number of pyridine rings is 1. The summed E-state index contributed by atoms with van der Waals surface area (Å²) < 4.78 is 46.9. The van der Waals surface area contributed by atoms with Crippen LogP contribution in [0, 0.1) is 33.1 Å². The van der Waals surface area contributed by atoms with Crippen LogP contribution in [0.25, 0.3) is 11.1 Å². The zero-order valence-corrected chi connectivity index (χ0v) is 28.9. The van der Waals surface area contributed by atoms with Crippen molar-refractivity contribution in [2.24, 2.45) is 5.41 Å². The first kappa shape index (κ1) is 34.6. The summed E-state index contributed by atoms with van der Waals surface area (Å²) in [6, 6.07) is 6.17. The van der Waals surface area contributed by atoms with Crippen LogP contribution in [0.4, 0.5) is 24.7 Å². The fourth-order valence-corrected chi connectivity index (χ4v) is 6.69. The molecule has 11 heteroatoms. The second-order valence-corrected chi connectivity index (χ2v) is 14.8. The molecule has 0 unspecified atom stereocenters. The second kappa shape index (κ2) is 12.4. The smallest absolute Gasteiger partial charge is 0.451 e. The van der Waals surface area contributed by atoms with E-state index in [-0.39, 0.29) is 5.41 Å². The molecule has 8 nitrogen and oxygen atoms in total. The number of anilines is 2. The van der Waals surface area contributed by atoms with Gasteiger partial charge >= 0.3 is 12.1 Å². The van der Waals surface area contributed by atoms with Gasteiger partial charge in [0.15, 0.2) is 6.10 Å². The van der Waals surface area contributed by atoms with Crippen LogP contribution >= 0.6 is 0 Å². The fourth-order valence-electron chi connectivity index (χ4n) is 6.69. The molecule has 1 fully saturated rings. The monoisotopic (exact) mass is 653 g/mol. The van der Waals surface area contributed by atoms with Gasteiger partial charge < -0.3 is 19.6 Å². The average molecular weight is 654 g/mol. The molecule has 2 aliphatic heterocycles. The van der Waals surface area contributed by atoms with Crippen LogP contribution in [0.15, 0.2) is 18.2 Å². The topological polar surface area (TPSA) is 91.7 Å². The van der Waals surface area contributed by atoms with E-state index >= 15 is 0 Å². The predicted molar refractivity (Wildman–Crippen MR) is 177 cm³/mol. The second-order valence-electron chi connectivity index (χ2n) is 14.8. The van der Waals surface area contributed by atoms with Crippen LogP contribution in [0.5, 0.6) is 0 Å². The van der Waals surface area contributed by atoms with Crippen molar-refractivity contribution in [1.29, 1.82) is 0 Å². The number of hydrogen-bond donors (Lipinski definition) is 1. The Balaban J connectivity index is 1.61. The number of benzene rings is 1. The van der Waals surface area contributed by atoms with Crippen molar-refractivity contribution < 1.29 is 27.8 Å². The Bertz CT molecular complexity index is 1690. The number of carbonyl (C=O) groups is 1. The highest BCUT2D eigenvalue weighted by atomic mass is 19.4. The van der Waals surface area contributed by atoms with Crippen molar-refractivity contribution in [1.82, 2.24) is 15.0 Å². The van der Waals surface area contributed by atoms with Crippen molar-refractivity contribution in [3.05, 3.63) is 63.4 Å². The molecule has 0 aliphatic carbocycles. The number of rotatable bonds is 6. The molecule has 5 rings (SSSR count). The Hall–Kier alpha value is -3.73. The first-order chi connectivity index (χ1) is 21.8. The maximum absolute atomic E-state index is 13.6. The number of hydrogen-bond acceptors (Lipinski definition) is 7. The van der Waals surface area contributed by atoms with E-state index in [2.05, 4.69) is 34.8 Å². The lowest BCUT2D eigenvalue weighted by atomic mass is 9.81. The van der Waals surface area contributed by atoms with Gasteiger partial charge in [-0.05, 0) is 89.8 Å². The number of aromatic nitrogens is 3. The number of ether oxygens (including phenoxy) is 1. The summed E-state index contributed by atoms with van der Waals surface area (Å²) >= 11 is 0. The lowest BCUT2D eigenvalue weighted by Gasteiger charge is -2.41. The molecule has 0 saturated carbocycles. The minimum Gasteiger partial charge on any atom is -0.479 e. The minimum absolute atomic E-state index is 0.182. The Morgan fingerprint density at radius 2 is 1.57 bits per heavy atom. The van der Waals surface area contributed by atoms with Crippen LogP contribution < -0.4 is 9.80 Å². The number of alkyl halides is 3. The van der Waals surface area contributed by atoms with E-state index < -0.39 is 29.7 Å². The molecule has 2 aliphatic rings. The van der Waals surface area contributed by atoms with Crippen LogP contribution in [0.2, 0.25) is 0 Å².